The van der Waals surface area contributed by atoms with Crippen molar-refractivity contribution in [1.29, 1.82) is 0 Å². The lowest BCUT2D eigenvalue weighted by Gasteiger charge is -2.43. The minimum absolute atomic E-state index is 0.0473. The van der Waals surface area contributed by atoms with Gasteiger partial charge in [-0.3, -0.25) is 0 Å². The van der Waals surface area contributed by atoms with E-state index in [0.29, 0.717) is 11.1 Å². The minimum atomic E-state index is -1.71. The van der Waals surface area contributed by atoms with Gasteiger partial charge in [0.2, 0.25) is 0 Å². The number of aliphatic hydroxyl groups excluding tert-OH is 3. The molecule has 60 heavy (non-hydrogen) atoms. The summed E-state index contributed by atoms with van der Waals surface area (Å²) < 4.78 is 19.1. The molecule has 0 bridgehead atoms. The molecular formula is C45H38O15. The van der Waals surface area contributed by atoms with Crippen molar-refractivity contribution in [3.63, 3.8) is 0 Å². The van der Waals surface area contributed by atoms with E-state index in [1.54, 1.807) is 0 Å². The highest BCUT2D eigenvalue weighted by Gasteiger charge is 2.50. The number of aromatic hydroxyl groups is 9. The second-order valence-electron chi connectivity index (χ2n) is 15.2. The summed E-state index contributed by atoms with van der Waals surface area (Å²) >= 11 is 0. The number of hydrogen-bond donors (Lipinski definition) is 12. The molecule has 0 saturated carbocycles. The molecule has 6 aromatic rings. The second-order valence-corrected chi connectivity index (χ2v) is 15.2. The van der Waals surface area contributed by atoms with Crippen molar-refractivity contribution in [2.75, 3.05) is 0 Å². The van der Waals surface area contributed by atoms with E-state index >= 15 is 0 Å². The molecular weight excluding hydrogens is 780 g/mol. The lowest BCUT2D eigenvalue weighted by atomic mass is 9.73. The number of phenols is 9. The van der Waals surface area contributed by atoms with Crippen molar-refractivity contribution >= 4 is 0 Å². The molecule has 0 amide bonds. The van der Waals surface area contributed by atoms with Crippen molar-refractivity contribution < 1.29 is 75.5 Å². The Labute approximate surface area is 340 Å². The summed E-state index contributed by atoms with van der Waals surface area (Å²) in [6, 6.07) is 21.3. The summed E-state index contributed by atoms with van der Waals surface area (Å²) in [5, 5.41) is 135. The number of ether oxygens (including phenoxy) is 3. The summed E-state index contributed by atoms with van der Waals surface area (Å²) in [7, 11) is 0. The van der Waals surface area contributed by atoms with Crippen LogP contribution in [-0.2, 0) is 6.42 Å². The monoisotopic (exact) mass is 818 g/mol. The number of phenolic OH excluding ortho intramolecular Hbond substituents is 9. The molecule has 15 nitrogen and oxygen atoms in total. The quantitative estimate of drug-likeness (QED) is 0.105. The maximum absolute atomic E-state index is 12.5. The van der Waals surface area contributed by atoms with Crippen LogP contribution in [0.1, 0.15) is 74.7 Å². The molecule has 9 rings (SSSR count). The molecule has 0 radical (unpaired) electrons. The number of fused-ring (bicyclic) bond motifs is 3. The van der Waals surface area contributed by atoms with Gasteiger partial charge in [0.05, 0.1) is 17.9 Å². The van der Waals surface area contributed by atoms with E-state index < -0.39 is 83.0 Å². The SMILES string of the molecule is Oc1ccc([C@H]2Oc3c(c(O)cc(O)c3[C@H]3c4c(O)cc(O)cc4O[C@H](c4ccc(O)cc4)[C@@H]3O)[C@H](c3c(O)cc(O)c4c3O[C@H](c3ccc(O)cc3)[C@H](O)C4)[C@H]2O)cc1. The average Bonchev–Trinajstić information content (AvgIpc) is 3.20. The van der Waals surface area contributed by atoms with Gasteiger partial charge in [0.1, 0.15) is 87.3 Å². The summed E-state index contributed by atoms with van der Waals surface area (Å²) in [6.07, 6.45) is -8.59. The Balaban J connectivity index is 1.30. The molecule has 6 aromatic carbocycles. The Hall–Kier alpha value is -7.20. The van der Waals surface area contributed by atoms with Gasteiger partial charge in [-0.2, -0.15) is 0 Å². The zero-order valence-electron chi connectivity index (χ0n) is 31.2. The molecule has 0 aliphatic carbocycles. The van der Waals surface area contributed by atoms with Crippen LogP contribution < -0.4 is 14.2 Å². The van der Waals surface area contributed by atoms with E-state index in [1.165, 1.54) is 78.9 Å². The number of aliphatic hydroxyl groups is 3. The van der Waals surface area contributed by atoms with Crippen LogP contribution in [0, 0.1) is 0 Å². The van der Waals surface area contributed by atoms with Crippen LogP contribution in [0.25, 0.3) is 0 Å². The lowest BCUT2D eigenvalue weighted by molar-refractivity contribution is -0.00554. The smallest absolute Gasteiger partial charge is 0.150 e. The molecule has 8 atom stereocenters. The van der Waals surface area contributed by atoms with Crippen molar-refractivity contribution in [3.05, 3.63) is 142 Å². The highest BCUT2D eigenvalue weighted by molar-refractivity contribution is 5.70. The van der Waals surface area contributed by atoms with Gasteiger partial charge >= 0.3 is 0 Å². The van der Waals surface area contributed by atoms with Gasteiger partial charge in [-0.15, -0.1) is 0 Å². The van der Waals surface area contributed by atoms with E-state index in [9.17, 15) is 61.3 Å². The third-order valence-electron chi connectivity index (χ3n) is 11.5. The van der Waals surface area contributed by atoms with Gasteiger partial charge in [0.25, 0.3) is 0 Å². The Morgan fingerprint density at radius 3 is 1.30 bits per heavy atom. The molecule has 15 heteroatoms. The van der Waals surface area contributed by atoms with Gasteiger partial charge in [0, 0.05) is 58.5 Å². The summed E-state index contributed by atoms with van der Waals surface area (Å²) in [5.41, 5.74) is 0.424. The fourth-order valence-corrected chi connectivity index (χ4v) is 8.78. The van der Waals surface area contributed by atoms with Crippen molar-refractivity contribution in [2.45, 2.75) is 54.9 Å². The molecule has 308 valence electrons. The molecule has 0 unspecified atom stereocenters. The van der Waals surface area contributed by atoms with Crippen LogP contribution in [-0.4, -0.2) is 79.6 Å². The van der Waals surface area contributed by atoms with Crippen molar-refractivity contribution in [3.8, 4) is 69.0 Å². The highest BCUT2D eigenvalue weighted by atomic mass is 16.5. The first-order chi connectivity index (χ1) is 28.7. The topological polar surface area (TPSA) is 270 Å². The maximum atomic E-state index is 12.5. The van der Waals surface area contributed by atoms with Crippen molar-refractivity contribution in [2.24, 2.45) is 0 Å². The van der Waals surface area contributed by atoms with E-state index in [2.05, 4.69) is 0 Å². The third-order valence-corrected chi connectivity index (χ3v) is 11.5. The van der Waals surface area contributed by atoms with Crippen LogP contribution in [0.3, 0.4) is 0 Å². The first-order valence-corrected chi connectivity index (χ1v) is 18.8. The molecule has 0 aromatic heterocycles. The Bertz CT molecular complexity index is 2630. The Morgan fingerprint density at radius 2 is 0.783 bits per heavy atom. The molecule has 3 heterocycles. The summed E-state index contributed by atoms with van der Waals surface area (Å²) in [6.45, 7) is 0. The fraction of sp³-hybridized carbons (Fsp3) is 0.200. The van der Waals surface area contributed by atoms with Crippen LogP contribution in [0.5, 0.6) is 69.0 Å². The van der Waals surface area contributed by atoms with Crippen LogP contribution >= 0.6 is 0 Å². The normalized spacial score (nSPS) is 24.2. The van der Waals surface area contributed by atoms with E-state index in [1.807, 2.05) is 0 Å². The third kappa shape index (κ3) is 6.18. The zero-order chi connectivity index (χ0) is 42.3. The van der Waals surface area contributed by atoms with Gasteiger partial charge in [-0.1, -0.05) is 36.4 Å². The van der Waals surface area contributed by atoms with Crippen LogP contribution in [0.4, 0.5) is 0 Å². The van der Waals surface area contributed by atoms with E-state index in [4.69, 9.17) is 14.2 Å². The van der Waals surface area contributed by atoms with E-state index in [-0.39, 0.29) is 74.3 Å². The van der Waals surface area contributed by atoms with Crippen LogP contribution in [0.2, 0.25) is 0 Å². The predicted molar refractivity (Wildman–Crippen MR) is 209 cm³/mol. The molecule has 3 aliphatic heterocycles. The maximum Gasteiger partial charge on any atom is 0.150 e. The minimum Gasteiger partial charge on any atom is -0.508 e. The first kappa shape index (κ1) is 38.3. The summed E-state index contributed by atoms with van der Waals surface area (Å²) in [4.78, 5) is 0. The largest absolute Gasteiger partial charge is 0.508 e. The second kappa shape index (κ2) is 14.3. The predicted octanol–water partition coefficient (Wildman–Crippen LogP) is 5.33. The molecule has 0 spiro atoms. The van der Waals surface area contributed by atoms with Crippen LogP contribution in [0.15, 0.2) is 97.1 Å². The van der Waals surface area contributed by atoms with Crippen molar-refractivity contribution in [1.82, 2.24) is 0 Å². The molecule has 3 aliphatic rings. The number of rotatable bonds is 5. The first-order valence-electron chi connectivity index (χ1n) is 18.8. The zero-order valence-corrected chi connectivity index (χ0v) is 31.2. The molecule has 0 fully saturated rings. The van der Waals surface area contributed by atoms with Gasteiger partial charge in [0.15, 0.2) is 12.2 Å². The standard InChI is InChI=1S/C45H38O15/c46-21-7-1-18(2-8-21)41-31(55)15-25-26(50)16-28(52)34(44(25)59-41)38-36-30(54)17-29(53)35(45(36)60-43(40(38)57)20-5-11-23(48)12-6-20)37-33-27(51)13-24(49)14-32(33)58-42(39(37)56)19-3-9-22(47)10-4-19/h1-14,16-17,31,37-43,46-57H,15H2/t31-,37-,38+,39-,40-,41-,42-,43-/m1/s1. The van der Waals surface area contributed by atoms with Gasteiger partial charge in [-0.05, 0) is 53.1 Å². The summed E-state index contributed by atoms with van der Waals surface area (Å²) in [5.74, 6) is -7.04. The molecule has 12 N–H and O–H groups in total. The number of hydrogen-bond acceptors (Lipinski definition) is 15. The highest BCUT2D eigenvalue weighted by Crippen LogP contribution is 2.62. The average molecular weight is 819 g/mol. The van der Waals surface area contributed by atoms with E-state index in [0.717, 1.165) is 18.2 Å². The van der Waals surface area contributed by atoms with Gasteiger partial charge < -0.3 is 75.5 Å². The Kier molecular flexibility index (Phi) is 9.11. The Morgan fingerprint density at radius 1 is 0.383 bits per heavy atom. The molecule has 0 saturated heterocycles. The lowest BCUT2D eigenvalue weighted by Crippen LogP contribution is -2.39. The van der Waals surface area contributed by atoms with Gasteiger partial charge in [-0.25, -0.2) is 0 Å². The number of benzene rings is 6. The fourth-order valence-electron chi connectivity index (χ4n) is 8.78.